The molecule has 0 aromatic heterocycles. The molecule has 2 fully saturated rings. The second kappa shape index (κ2) is 10.8. The predicted octanol–water partition coefficient (Wildman–Crippen LogP) is 6.92. The Morgan fingerprint density at radius 1 is 0.778 bits per heavy atom. The van der Waals surface area contributed by atoms with E-state index in [0.29, 0.717) is 0 Å². The Balaban J connectivity index is 0.00000261. The molecule has 1 nitrogen and oxygen atoms in total. The molecule has 0 unspecified atom stereocenters. The minimum Gasteiger partial charge on any atom is -0.496 e. The predicted molar refractivity (Wildman–Crippen MR) is 112 cm³/mol. The number of methoxy groups -OCH3 is 1. The van der Waals surface area contributed by atoms with Crippen molar-refractivity contribution in [2.45, 2.75) is 91.9 Å². The summed E-state index contributed by atoms with van der Waals surface area (Å²) >= 11 is 0. The average Bonchev–Trinajstić information content (AvgIpc) is 2.66. The third kappa shape index (κ3) is 5.60. The molecule has 0 spiro atoms. The summed E-state index contributed by atoms with van der Waals surface area (Å²) in [5.41, 5.74) is 7.54. The summed E-state index contributed by atoms with van der Waals surface area (Å²) in [6.07, 6.45) is 15.8. The first-order chi connectivity index (χ1) is 12.5. The minimum atomic E-state index is 0. The normalized spacial score (nSPS) is 23.7. The van der Waals surface area contributed by atoms with E-state index in [0.717, 1.165) is 17.8 Å². The first-order valence-electron chi connectivity index (χ1n) is 11.0. The summed E-state index contributed by atoms with van der Waals surface area (Å²) in [6, 6.07) is 0. The molecule has 1 aromatic carbocycles. The van der Waals surface area contributed by atoms with Crippen molar-refractivity contribution >= 4 is 0 Å². The summed E-state index contributed by atoms with van der Waals surface area (Å²) in [5.74, 6) is 3.83. The van der Waals surface area contributed by atoms with E-state index in [1.54, 1.807) is 11.1 Å². The molecule has 2 heteroatoms. The number of ether oxygens (including phenoxy) is 1. The monoisotopic (exact) mass is 444 g/mol. The molecule has 0 amide bonds. The molecule has 0 aliphatic heterocycles. The van der Waals surface area contributed by atoms with Gasteiger partial charge >= 0.3 is 0 Å². The molecule has 3 rings (SSSR count). The molecule has 149 valence electrons. The van der Waals surface area contributed by atoms with Crippen LogP contribution in [0.3, 0.4) is 0 Å². The molecular formula is C25H39OY-. The van der Waals surface area contributed by atoms with Crippen molar-refractivity contribution in [2.24, 2.45) is 17.8 Å². The van der Waals surface area contributed by atoms with Gasteiger partial charge < -0.3 is 11.2 Å². The maximum absolute atomic E-state index is 5.99. The number of hydrogen-bond donors (Lipinski definition) is 0. The molecule has 1 radical (unpaired) electrons. The Bertz CT molecular complexity index is 607. The van der Waals surface area contributed by atoms with Crippen molar-refractivity contribution in [1.82, 2.24) is 0 Å². The van der Waals surface area contributed by atoms with Crippen molar-refractivity contribution in [3.05, 3.63) is 34.2 Å². The topological polar surface area (TPSA) is 9.23 Å². The van der Waals surface area contributed by atoms with Gasteiger partial charge in [0.1, 0.15) is 5.75 Å². The van der Waals surface area contributed by atoms with Crippen molar-refractivity contribution in [2.75, 3.05) is 7.11 Å². The standard InChI is InChI=1S/C25H39O.Y/c1-17-11-13-22(14-12-17)15-23-18(2)19(3)24(25(26-5)20(23)4)16-21-9-7-6-8-10-21;/h6,17,21-22H,7-16H2,1-5H3;/q-1;. The van der Waals surface area contributed by atoms with Gasteiger partial charge in [-0.05, 0) is 92.0 Å². The van der Waals surface area contributed by atoms with E-state index in [1.165, 1.54) is 86.6 Å². The summed E-state index contributed by atoms with van der Waals surface area (Å²) in [5, 5.41) is 0. The van der Waals surface area contributed by atoms with Gasteiger partial charge in [-0.15, -0.1) is 0 Å². The van der Waals surface area contributed by atoms with Gasteiger partial charge in [0.15, 0.2) is 0 Å². The quantitative estimate of drug-likeness (QED) is 0.448. The fourth-order valence-corrected chi connectivity index (χ4v) is 5.41. The zero-order valence-corrected chi connectivity index (χ0v) is 21.2. The smallest absolute Gasteiger partial charge is 0.125 e. The van der Waals surface area contributed by atoms with Crippen LogP contribution in [0.1, 0.15) is 86.1 Å². The molecular weight excluding hydrogens is 405 g/mol. The zero-order valence-electron chi connectivity index (χ0n) is 18.4. The van der Waals surface area contributed by atoms with Gasteiger partial charge in [0, 0.05) is 32.7 Å². The van der Waals surface area contributed by atoms with Crippen LogP contribution in [0, 0.1) is 44.9 Å². The molecule has 0 heterocycles. The second-order valence-electron chi connectivity index (χ2n) is 9.21. The number of benzene rings is 1. The first-order valence-corrected chi connectivity index (χ1v) is 11.0. The fourth-order valence-electron chi connectivity index (χ4n) is 5.41. The van der Waals surface area contributed by atoms with E-state index in [2.05, 4.69) is 34.1 Å². The van der Waals surface area contributed by atoms with E-state index in [4.69, 9.17) is 4.74 Å². The van der Waals surface area contributed by atoms with E-state index in [1.807, 2.05) is 7.11 Å². The SMILES string of the molecule is COc1c(C)c(CC2CCC(C)CC2)c(C)c(C)c1CC1CC[CH-]CC1.[Y]. The molecule has 1 aromatic rings. The maximum atomic E-state index is 5.99. The summed E-state index contributed by atoms with van der Waals surface area (Å²) in [4.78, 5) is 0. The average molecular weight is 444 g/mol. The van der Waals surface area contributed by atoms with Crippen LogP contribution in [0.5, 0.6) is 5.75 Å². The van der Waals surface area contributed by atoms with Gasteiger partial charge in [0.05, 0.1) is 7.11 Å². The second-order valence-corrected chi connectivity index (χ2v) is 9.21. The largest absolute Gasteiger partial charge is 0.496 e. The van der Waals surface area contributed by atoms with E-state index < -0.39 is 0 Å². The Morgan fingerprint density at radius 3 is 1.89 bits per heavy atom. The van der Waals surface area contributed by atoms with Crippen molar-refractivity contribution in [3.8, 4) is 5.75 Å². The van der Waals surface area contributed by atoms with E-state index in [-0.39, 0.29) is 32.7 Å². The Hall–Kier alpha value is 0.124. The van der Waals surface area contributed by atoms with E-state index >= 15 is 0 Å². The molecule has 2 saturated carbocycles. The van der Waals surface area contributed by atoms with Crippen molar-refractivity contribution < 1.29 is 37.4 Å². The number of hydrogen-bond acceptors (Lipinski definition) is 1. The van der Waals surface area contributed by atoms with Gasteiger partial charge in [-0.1, -0.05) is 32.6 Å². The molecule has 0 bridgehead atoms. The Kier molecular flexibility index (Phi) is 9.34. The Morgan fingerprint density at radius 2 is 1.30 bits per heavy atom. The van der Waals surface area contributed by atoms with Crippen LogP contribution in [0.15, 0.2) is 0 Å². The van der Waals surface area contributed by atoms with Gasteiger partial charge in [0.25, 0.3) is 0 Å². The van der Waals surface area contributed by atoms with Crippen LogP contribution in [-0.4, -0.2) is 7.11 Å². The molecule has 0 N–H and O–H groups in total. The Labute approximate surface area is 193 Å². The van der Waals surface area contributed by atoms with Crippen LogP contribution in [0.25, 0.3) is 0 Å². The van der Waals surface area contributed by atoms with Crippen LogP contribution >= 0.6 is 0 Å². The summed E-state index contributed by atoms with van der Waals surface area (Å²) in [7, 11) is 1.88. The van der Waals surface area contributed by atoms with Gasteiger partial charge in [-0.2, -0.15) is 12.8 Å². The van der Waals surface area contributed by atoms with Gasteiger partial charge in [-0.25, -0.2) is 0 Å². The molecule has 0 atom stereocenters. The van der Waals surface area contributed by atoms with Crippen LogP contribution in [-0.2, 0) is 45.6 Å². The molecule has 27 heavy (non-hydrogen) atoms. The van der Waals surface area contributed by atoms with Crippen molar-refractivity contribution in [3.63, 3.8) is 0 Å². The first kappa shape index (κ1) is 23.4. The van der Waals surface area contributed by atoms with Crippen LogP contribution < -0.4 is 4.74 Å². The summed E-state index contributed by atoms with van der Waals surface area (Å²) in [6.45, 7) is 9.43. The van der Waals surface area contributed by atoms with Crippen LogP contribution in [0.2, 0.25) is 0 Å². The molecule has 2 aliphatic rings. The van der Waals surface area contributed by atoms with Gasteiger partial charge in [0.2, 0.25) is 0 Å². The van der Waals surface area contributed by atoms with Crippen molar-refractivity contribution in [1.29, 1.82) is 0 Å². The molecule has 2 aliphatic carbocycles. The van der Waals surface area contributed by atoms with E-state index in [9.17, 15) is 0 Å². The molecule has 0 saturated heterocycles. The summed E-state index contributed by atoms with van der Waals surface area (Å²) < 4.78 is 5.99. The van der Waals surface area contributed by atoms with Gasteiger partial charge in [-0.3, -0.25) is 0 Å². The number of rotatable bonds is 5. The maximum Gasteiger partial charge on any atom is 0.125 e. The van der Waals surface area contributed by atoms with Crippen LogP contribution in [0.4, 0.5) is 0 Å². The zero-order chi connectivity index (χ0) is 18.7. The fraction of sp³-hybridized carbons (Fsp3) is 0.720. The third-order valence-corrected chi connectivity index (χ3v) is 7.42. The minimum absolute atomic E-state index is 0. The third-order valence-electron chi connectivity index (χ3n) is 7.42.